The van der Waals surface area contributed by atoms with Gasteiger partial charge in [0.05, 0.1) is 5.75 Å². The number of hydrogen-bond donors (Lipinski definition) is 1. The maximum absolute atomic E-state index is 12.4. The Hall–Kier alpha value is -0.880. The van der Waals surface area contributed by atoms with Crippen molar-refractivity contribution in [3.63, 3.8) is 0 Å². The van der Waals surface area contributed by atoms with E-state index in [0.29, 0.717) is 17.0 Å². The van der Waals surface area contributed by atoms with Crippen LogP contribution in [0.25, 0.3) is 0 Å². The molecule has 1 heterocycles. The minimum atomic E-state index is -4.14. The standard InChI is InChI=1S/C15H21F3N2S/c1-11-9-12(7-8-20(11)2)19-13-5-3-4-6-14(13)21-10-15(16,17)18/h3-6,11-12,19H,7-10H2,1-2H3. The van der Waals surface area contributed by atoms with E-state index in [2.05, 4.69) is 24.2 Å². The third kappa shape index (κ3) is 5.11. The van der Waals surface area contributed by atoms with Crippen molar-refractivity contribution in [3.8, 4) is 0 Å². The van der Waals surface area contributed by atoms with Crippen molar-refractivity contribution in [2.24, 2.45) is 0 Å². The van der Waals surface area contributed by atoms with Gasteiger partial charge in [-0.25, -0.2) is 0 Å². The van der Waals surface area contributed by atoms with E-state index < -0.39 is 11.9 Å². The number of anilines is 1. The molecule has 0 radical (unpaired) electrons. The number of thioether (sulfide) groups is 1. The quantitative estimate of drug-likeness (QED) is 0.836. The summed E-state index contributed by atoms with van der Waals surface area (Å²) in [6, 6.07) is 8.06. The second-order valence-electron chi connectivity index (χ2n) is 5.60. The van der Waals surface area contributed by atoms with Crippen molar-refractivity contribution >= 4 is 17.4 Å². The lowest BCUT2D eigenvalue weighted by atomic mass is 9.99. The Morgan fingerprint density at radius 1 is 1.33 bits per heavy atom. The van der Waals surface area contributed by atoms with Gasteiger partial charge in [-0.2, -0.15) is 13.2 Å². The van der Waals surface area contributed by atoms with Crippen LogP contribution in [0.15, 0.2) is 29.2 Å². The molecule has 0 aromatic heterocycles. The molecule has 1 fully saturated rings. The summed E-state index contributed by atoms with van der Waals surface area (Å²) in [6.07, 6.45) is -2.12. The molecule has 2 rings (SSSR count). The Bertz CT molecular complexity index is 464. The van der Waals surface area contributed by atoms with Crippen LogP contribution in [0.2, 0.25) is 0 Å². The lowest BCUT2D eigenvalue weighted by molar-refractivity contribution is -0.105. The zero-order chi connectivity index (χ0) is 15.5. The third-order valence-electron chi connectivity index (χ3n) is 3.85. The van der Waals surface area contributed by atoms with Crippen molar-refractivity contribution in [2.75, 3.05) is 24.7 Å². The maximum Gasteiger partial charge on any atom is 0.398 e. The first-order chi connectivity index (χ1) is 9.85. The molecule has 0 bridgehead atoms. The fraction of sp³-hybridized carbons (Fsp3) is 0.600. The number of alkyl halides is 3. The van der Waals surface area contributed by atoms with Crippen LogP contribution in [-0.2, 0) is 0 Å². The summed E-state index contributed by atoms with van der Waals surface area (Å²) in [7, 11) is 2.11. The molecular weight excluding hydrogens is 297 g/mol. The highest BCUT2D eigenvalue weighted by molar-refractivity contribution is 7.99. The van der Waals surface area contributed by atoms with Crippen molar-refractivity contribution in [2.45, 2.75) is 42.9 Å². The number of piperidine rings is 1. The number of halogens is 3. The topological polar surface area (TPSA) is 15.3 Å². The number of benzene rings is 1. The molecule has 0 amide bonds. The summed E-state index contributed by atoms with van der Waals surface area (Å²) < 4.78 is 37.1. The van der Waals surface area contributed by atoms with Crippen LogP contribution in [0.5, 0.6) is 0 Å². The average molecular weight is 318 g/mol. The lowest BCUT2D eigenvalue weighted by Gasteiger charge is -2.36. The molecule has 2 atom stereocenters. The van der Waals surface area contributed by atoms with Crippen LogP contribution >= 0.6 is 11.8 Å². The van der Waals surface area contributed by atoms with E-state index in [9.17, 15) is 13.2 Å². The minimum Gasteiger partial charge on any atom is -0.381 e. The molecule has 1 N–H and O–H groups in total. The van der Waals surface area contributed by atoms with Gasteiger partial charge < -0.3 is 10.2 Å². The smallest absolute Gasteiger partial charge is 0.381 e. The van der Waals surface area contributed by atoms with Crippen LogP contribution in [-0.4, -0.2) is 42.5 Å². The van der Waals surface area contributed by atoms with Gasteiger partial charge in [-0.15, -0.1) is 11.8 Å². The highest BCUT2D eigenvalue weighted by Crippen LogP contribution is 2.33. The first-order valence-electron chi connectivity index (χ1n) is 7.10. The van der Waals surface area contributed by atoms with E-state index in [4.69, 9.17) is 0 Å². The summed E-state index contributed by atoms with van der Waals surface area (Å²) in [5, 5.41) is 3.42. The van der Waals surface area contributed by atoms with E-state index in [1.807, 2.05) is 12.1 Å². The Balaban J connectivity index is 2.00. The molecule has 1 saturated heterocycles. The minimum absolute atomic E-state index is 0.323. The first-order valence-corrected chi connectivity index (χ1v) is 8.09. The molecule has 0 aliphatic carbocycles. The number of rotatable bonds is 4. The molecule has 1 aliphatic heterocycles. The zero-order valence-corrected chi connectivity index (χ0v) is 13.1. The van der Waals surface area contributed by atoms with Crippen LogP contribution < -0.4 is 5.32 Å². The fourth-order valence-electron chi connectivity index (χ4n) is 2.51. The highest BCUT2D eigenvalue weighted by Gasteiger charge is 2.28. The summed E-state index contributed by atoms with van der Waals surface area (Å²) in [4.78, 5) is 2.98. The second kappa shape index (κ2) is 6.92. The van der Waals surface area contributed by atoms with Gasteiger partial charge in [0.15, 0.2) is 0 Å². The van der Waals surface area contributed by atoms with Crippen LogP contribution in [0.1, 0.15) is 19.8 Å². The predicted octanol–water partition coefficient (Wildman–Crippen LogP) is 4.24. The Morgan fingerprint density at radius 2 is 2.05 bits per heavy atom. The van der Waals surface area contributed by atoms with Crippen molar-refractivity contribution < 1.29 is 13.2 Å². The van der Waals surface area contributed by atoms with E-state index in [1.165, 1.54) is 0 Å². The Kier molecular flexibility index (Phi) is 5.43. The molecule has 1 aliphatic rings. The summed E-state index contributed by atoms with van der Waals surface area (Å²) in [5.41, 5.74) is 0.813. The van der Waals surface area contributed by atoms with Gasteiger partial charge in [0.2, 0.25) is 0 Å². The van der Waals surface area contributed by atoms with Crippen molar-refractivity contribution in [3.05, 3.63) is 24.3 Å². The van der Waals surface area contributed by atoms with E-state index in [0.717, 1.165) is 36.8 Å². The average Bonchev–Trinajstić information content (AvgIpc) is 2.41. The number of nitrogens with zero attached hydrogens (tertiary/aromatic N) is 1. The molecule has 118 valence electrons. The Labute approximate surface area is 128 Å². The van der Waals surface area contributed by atoms with Gasteiger partial charge in [-0.1, -0.05) is 12.1 Å². The van der Waals surface area contributed by atoms with Crippen LogP contribution in [0.4, 0.5) is 18.9 Å². The zero-order valence-electron chi connectivity index (χ0n) is 12.3. The van der Waals surface area contributed by atoms with Gasteiger partial charge >= 0.3 is 6.18 Å². The number of nitrogens with one attached hydrogen (secondary N) is 1. The molecule has 1 aromatic rings. The molecule has 2 nitrogen and oxygen atoms in total. The molecular formula is C15H21F3N2S. The number of likely N-dealkylation sites (tertiary alicyclic amines) is 1. The number of hydrogen-bond acceptors (Lipinski definition) is 3. The van der Waals surface area contributed by atoms with Crippen LogP contribution in [0, 0.1) is 0 Å². The van der Waals surface area contributed by atoms with Gasteiger partial charge in [-0.05, 0) is 38.9 Å². The summed E-state index contributed by atoms with van der Waals surface area (Å²) >= 11 is 0.846. The molecule has 6 heteroatoms. The monoisotopic (exact) mass is 318 g/mol. The van der Waals surface area contributed by atoms with E-state index in [1.54, 1.807) is 12.1 Å². The largest absolute Gasteiger partial charge is 0.398 e. The Morgan fingerprint density at radius 3 is 2.71 bits per heavy atom. The molecule has 0 saturated carbocycles. The van der Waals surface area contributed by atoms with Gasteiger partial charge in [0, 0.05) is 29.2 Å². The maximum atomic E-state index is 12.4. The first kappa shape index (κ1) is 16.5. The SMILES string of the molecule is CC1CC(Nc2ccccc2SCC(F)(F)F)CCN1C. The molecule has 21 heavy (non-hydrogen) atoms. The van der Waals surface area contributed by atoms with Gasteiger partial charge in [0.1, 0.15) is 0 Å². The second-order valence-corrected chi connectivity index (χ2v) is 6.61. The molecule has 1 aromatic carbocycles. The van der Waals surface area contributed by atoms with Gasteiger partial charge in [-0.3, -0.25) is 0 Å². The predicted molar refractivity (Wildman–Crippen MR) is 82.0 cm³/mol. The third-order valence-corrected chi connectivity index (χ3v) is 4.99. The van der Waals surface area contributed by atoms with Crippen molar-refractivity contribution in [1.29, 1.82) is 0 Å². The number of para-hydroxylation sites is 1. The summed E-state index contributed by atoms with van der Waals surface area (Å²) in [6.45, 7) is 3.19. The lowest BCUT2D eigenvalue weighted by Crippen LogP contribution is -2.42. The van der Waals surface area contributed by atoms with Crippen molar-refractivity contribution in [1.82, 2.24) is 4.90 Å². The summed E-state index contributed by atoms with van der Waals surface area (Å²) in [5.74, 6) is -0.852. The van der Waals surface area contributed by atoms with Gasteiger partial charge in [0.25, 0.3) is 0 Å². The molecule has 0 spiro atoms. The van der Waals surface area contributed by atoms with E-state index in [-0.39, 0.29) is 0 Å². The van der Waals surface area contributed by atoms with E-state index >= 15 is 0 Å². The highest BCUT2D eigenvalue weighted by atomic mass is 32.2. The molecule has 2 unspecified atom stereocenters. The normalized spacial score (nSPS) is 24.0. The fourth-order valence-corrected chi connectivity index (χ4v) is 3.29. The van der Waals surface area contributed by atoms with Crippen LogP contribution in [0.3, 0.4) is 0 Å².